The lowest BCUT2D eigenvalue weighted by molar-refractivity contribution is 0.111. The Balaban J connectivity index is 1.28. The number of hydrogen-bond acceptors (Lipinski definition) is 7. The highest BCUT2D eigenvalue weighted by Gasteiger charge is 2.18. The molecule has 0 spiro atoms. The van der Waals surface area contributed by atoms with Crippen LogP contribution in [0.1, 0.15) is 19.4 Å². The second kappa shape index (κ2) is 11.2. The number of H-pyrrole nitrogens is 1. The molecule has 8 heteroatoms. The minimum Gasteiger partial charge on any atom is -0.382 e. The molecule has 0 atom stereocenters. The zero-order valence-corrected chi connectivity index (χ0v) is 21.4. The summed E-state index contributed by atoms with van der Waals surface area (Å²) in [6.45, 7) is 11.6. The van der Waals surface area contributed by atoms with Crippen LogP contribution < -0.4 is 5.32 Å². The fraction of sp³-hybridized carbons (Fsp3) is 0.393. The summed E-state index contributed by atoms with van der Waals surface area (Å²) in [4.78, 5) is 22.5. The zero-order valence-electron chi connectivity index (χ0n) is 21.4. The van der Waals surface area contributed by atoms with Gasteiger partial charge in [0.05, 0.1) is 47.2 Å². The first-order valence-electron chi connectivity index (χ1n) is 12.7. The molecule has 5 rings (SSSR count). The lowest BCUT2D eigenvalue weighted by Crippen LogP contribution is -2.49. The number of benzene rings is 1. The molecule has 1 saturated heterocycles. The third kappa shape index (κ3) is 5.56. The first-order chi connectivity index (χ1) is 17.6. The van der Waals surface area contributed by atoms with Crippen LogP contribution in [-0.2, 0) is 11.3 Å². The van der Waals surface area contributed by atoms with E-state index in [-0.39, 0.29) is 0 Å². The van der Waals surface area contributed by atoms with Crippen molar-refractivity contribution in [2.75, 3.05) is 51.7 Å². The monoisotopic (exact) mass is 485 g/mol. The van der Waals surface area contributed by atoms with E-state index >= 15 is 0 Å². The van der Waals surface area contributed by atoms with E-state index in [0.29, 0.717) is 12.6 Å². The van der Waals surface area contributed by atoms with Crippen molar-refractivity contribution >= 4 is 16.7 Å². The number of imidazole rings is 1. The first-order valence-corrected chi connectivity index (χ1v) is 12.7. The number of pyridine rings is 2. The van der Waals surface area contributed by atoms with Gasteiger partial charge in [-0.05, 0) is 43.7 Å². The Labute approximate surface area is 212 Å². The molecule has 4 aromatic rings. The number of piperazine rings is 1. The molecule has 1 aromatic carbocycles. The summed E-state index contributed by atoms with van der Waals surface area (Å²) in [5, 5.41) is 3.54. The molecule has 0 radical (unpaired) electrons. The Hall–Kier alpha value is -3.33. The van der Waals surface area contributed by atoms with E-state index in [1.54, 1.807) is 13.4 Å². The van der Waals surface area contributed by atoms with Crippen molar-refractivity contribution in [3.8, 4) is 22.6 Å². The third-order valence-corrected chi connectivity index (χ3v) is 6.84. The maximum absolute atomic E-state index is 5.29. The normalized spacial score (nSPS) is 15.1. The number of anilines is 1. The summed E-state index contributed by atoms with van der Waals surface area (Å²) in [7, 11) is 1.71. The molecule has 4 heterocycles. The van der Waals surface area contributed by atoms with Crippen LogP contribution in [0.4, 0.5) is 5.69 Å². The highest BCUT2D eigenvalue weighted by molar-refractivity contribution is 5.83. The van der Waals surface area contributed by atoms with Crippen LogP contribution >= 0.6 is 0 Å². The fourth-order valence-electron chi connectivity index (χ4n) is 4.79. The quantitative estimate of drug-likeness (QED) is 0.366. The van der Waals surface area contributed by atoms with Crippen molar-refractivity contribution in [1.29, 1.82) is 0 Å². The van der Waals surface area contributed by atoms with Crippen LogP contribution in [0.15, 0.2) is 55.0 Å². The summed E-state index contributed by atoms with van der Waals surface area (Å²) in [6, 6.07) is 15.0. The van der Waals surface area contributed by atoms with Crippen LogP contribution in [0.2, 0.25) is 0 Å². The van der Waals surface area contributed by atoms with Crippen LogP contribution in [0.3, 0.4) is 0 Å². The highest BCUT2D eigenvalue weighted by atomic mass is 16.5. The van der Waals surface area contributed by atoms with Crippen molar-refractivity contribution in [1.82, 2.24) is 29.7 Å². The Bertz CT molecular complexity index is 1290. The predicted molar refractivity (Wildman–Crippen MR) is 145 cm³/mol. The summed E-state index contributed by atoms with van der Waals surface area (Å²) >= 11 is 0. The number of methoxy groups -OCH3 is 1. The molecular formula is C28H35N7O. The second-order valence-electron chi connectivity index (χ2n) is 9.62. The van der Waals surface area contributed by atoms with Gasteiger partial charge in [-0.3, -0.25) is 14.8 Å². The van der Waals surface area contributed by atoms with E-state index in [1.165, 1.54) is 0 Å². The van der Waals surface area contributed by atoms with Crippen LogP contribution in [0.5, 0.6) is 0 Å². The molecule has 0 unspecified atom stereocenters. The average Bonchev–Trinajstić information content (AvgIpc) is 3.39. The topological polar surface area (TPSA) is 82.2 Å². The molecule has 3 aromatic heterocycles. The van der Waals surface area contributed by atoms with Gasteiger partial charge >= 0.3 is 0 Å². The number of aromatic nitrogens is 4. The van der Waals surface area contributed by atoms with E-state index in [9.17, 15) is 0 Å². The van der Waals surface area contributed by atoms with Crippen molar-refractivity contribution in [3.05, 3.63) is 60.6 Å². The zero-order chi connectivity index (χ0) is 24.9. The van der Waals surface area contributed by atoms with E-state index in [2.05, 4.69) is 68.2 Å². The number of fused-ring (bicyclic) bond motifs is 1. The van der Waals surface area contributed by atoms with Crippen molar-refractivity contribution in [2.24, 2.45) is 0 Å². The molecule has 188 valence electrons. The van der Waals surface area contributed by atoms with Gasteiger partial charge in [0.25, 0.3) is 0 Å². The molecule has 1 aliphatic rings. The number of nitrogens with one attached hydrogen (secondary N) is 2. The lowest BCUT2D eigenvalue weighted by atomic mass is 10.1. The SMILES string of the molecule is COCc1cccc(-c2[nH]cnc2-c2ccc3ncc(NCCN4CCN(C(C)C)CC4)cc3n2)c1. The standard InChI is InChI=1S/C28H35N7O/c1-20(2)35-13-11-34(12-14-35)10-9-29-23-16-26-24(30-17-23)7-8-25(33-26)28-27(31-19-32-28)22-6-4-5-21(15-22)18-36-3/h4-8,15-17,19-20,29H,9-14,18H2,1-3H3,(H,31,32). The maximum Gasteiger partial charge on any atom is 0.114 e. The first kappa shape index (κ1) is 24.4. The number of ether oxygens (including phenoxy) is 1. The second-order valence-corrected chi connectivity index (χ2v) is 9.62. The Morgan fingerprint density at radius 3 is 2.69 bits per heavy atom. The van der Waals surface area contributed by atoms with Crippen molar-refractivity contribution < 1.29 is 4.74 Å². The average molecular weight is 486 g/mol. The number of aromatic amines is 1. The van der Waals surface area contributed by atoms with Gasteiger partial charge in [-0.15, -0.1) is 0 Å². The minimum atomic E-state index is 0.571. The van der Waals surface area contributed by atoms with Gasteiger partial charge in [0.2, 0.25) is 0 Å². The molecule has 0 bridgehead atoms. The van der Waals surface area contributed by atoms with Crippen molar-refractivity contribution in [2.45, 2.75) is 26.5 Å². The van der Waals surface area contributed by atoms with Crippen LogP contribution in [0, 0.1) is 0 Å². The molecule has 0 saturated carbocycles. The van der Waals surface area contributed by atoms with E-state index in [4.69, 9.17) is 9.72 Å². The molecule has 36 heavy (non-hydrogen) atoms. The van der Waals surface area contributed by atoms with Gasteiger partial charge in [-0.2, -0.15) is 0 Å². The lowest BCUT2D eigenvalue weighted by Gasteiger charge is -2.36. The summed E-state index contributed by atoms with van der Waals surface area (Å²) in [5.74, 6) is 0. The summed E-state index contributed by atoms with van der Waals surface area (Å²) < 4.78 is 5.29. The fourth-order valence-corrected chi connectivity index (χ4v) is 4.79. The van der Waals surface area contributed by atoms with E-state index < -0.39 is 0 Å². The Morgan fingerprint density at radius 2 is 1.89 bits per heavy atom. The maximum atomic E-state index is 5.29. The summed E-state index contributed by atoms with van der Waals surface area (Å²) in [6.07, 6.45) is 3.61. The number of rotatable bonds is 9. The van der Waals surface area contributed by atoms with Gasteiger partial charge < -0.3 is 15.0 Å². The molecule has 1 fully saturated rings. The smallest absolute Gasteiger partial charge is 0.114 e. The van der Waals surface area contributed by atoms with Crippen LogP contribution in [0.25, 0.3) is 33.7 Å². The minimum absolute atomic E-state index is 0.571. The van der Waals surface area contributed by atoms with Crippen molar-refractivity contribution in [3.63, 3.8) is 0 Å². The molecule has 2 N–H and O–H groups in total. The largest absolute Gasteiger partial charge is 0.382 e. The number of nitrogens with zero attached hydrogens (tertiary/aromatic N) is 5. The van der Waals surface area contributed by atoms with E-state index in [1.807, 2.05) is 24.4 Å². The van der Waals surface area contributed by atoms with Gasteiger partial charge in [-0.25, -0.2) is 9.97 Å². The Kier molecular flexibility index (Phi) is 7.55. The van der Waals surface area contributed by atoms with Gasteiger partial charge in [-0.1, -0.05) is 18.2 Å². The molecule has 0 amide bonds. The number of hydrogen-bond donors (Lipinski definition) is 2. The predicted octanol–water partition coefficient (Wildman–Crippen LogP) is 4.27. The van der Waals surface area contributed by atoms with Gasteiger partial charge in [0.15, 0.2) is 0 Å². The van der Waals surface area contributed by atoms with Crippen LogP contribution in [-0.4, -0.2) is 82.2 Å². The molecular weight excluding hydrogens is 450 g/mol. The van der Waals surface area contributed by atoms with Gasteiger partial charge in [0.1, 0.15) is 5.69 Å². The van der Waals surface area contributed by atoms with E-state index in [0.717, 1.165) is 84.2 Å². The third-order valence-electron chi connectivity index (χ3n) is 6.84. The summed E-state index contributed by atoms with van der Waals surface area (Å²) in [5.41, 5.74) is 7.47. The molecule has 8 nitrogen and oxygen atoms in total. The molecule has 1 aliphatic heterocycles. The molecule has 0 aliphatic carbocycles. The van der Waals surface area contributed by atoms with Gasteiger partial charge in [0, 0.05) is 58.0 Å². The highest BCUT2D eigenvalue weighted by Crippen LogP contribution is 2.29. The Morgan fingerprint density at radius 1 is 1.03 bits per heavy atom.